The quantitative estimate of drug-likeness (QED) is 0.713. The molecule has 0 fully saturated rings. The highest BCUT2D eigenvalue weighted by Crippen LogP contribution is 2.14. The lowest BCUT2D eigenvalue weighted by atomic mass is 9.93. The van der Waals surface area contributed by atoms with E-state index in [0.29, 0.717) is 5.92 Å². The molecule has 1 aromatic heterocycles. The fourth-order valence-corrected chi connectivity index (χ4v) is 2.39. The van der Waals surface area contributed by atoms with Gasteiger partial charge in [0.2, 0.25) is 0 Å². The summed E-state index contributed by atoms with van der Waals surface area (Å²) in [6.45, 7) is 2.64. The summed E-state index contributed by atoms with van der Waals surface area (Å²) in [4.78, 5) is 0. The summed E-state index contributed by atoms with van der Waals surface area (Å²) in [6, 6.07) is 12.7. The van der Waals surface area contributed by atoms with Crippen LogP contribution >= 0.6 is 0 Å². The van der Waals surface area contributed by atoms with Crippen molar-refractivity contribution < 1.29 is 9.15 Å². The second-order valence-electron chi connectivity index (χ2n) is 5.09. The third-order valence-corrected chi connectivity index (χ3v) is 3.39. The number of furan rings is 1. The number of rotatable bonds is 9. The first kappa shape index (κ1) is 14.8. The van der Waals surface area contributed by atoms with Crippen molar-refractivity contribution in [2.75, 3.05) is 26.8 Å². The molecule has 0 saturated carbocycles. The Morgan fingerprint density at radius 2 is 1.90 bits per heavy atom. The van der Waals surface area contributed by atoms with Gasteiger partial charge in [0.15, 0.2) is 0 Å². The van der Waals surface area contributed by atoms with Crippen molar-refractivity contribution >= 4 is 0 Å². The normalized spacial score (nSPS) is 12.4. The maximum Gasteiger partial charge on any atom is 0.0934 e. The number of methoxy groups -OCH3 is 1. The molecule has 0 bridgehead atoms. The van der Waals surface area contributed by atoms with E-state index in [1.54, 1.807) is 13.4 Å². The molecule has 0 radical (unpaired) electrons. The van der Waals surface area contributed by atoms with E-state index in [1.807, 2.05) is 12.3 Å². The van der Waals surface area contributed by atoms with Gasteiger partial charge < -0.3 is 14.5 Å². The molecule has 2 aromatic rings. The molecule has 0 amide bonds. The summed E-state index contributed by atoms with van der Waals surface area (Å²) in [7, 11) is 1.73. The van der Waals surface area contributed by atoms with Gasteiger partial charge in [0.05, 0.1) is 19.1 Å². The fourth-order valence-electron chi connectivity index (χ4n) is 2.39. The predicted molar refractivity (Wildman–Crippen MR) is 80.8 cm³/mol. The third kappa shape index (κ3) is 5.19. The summed E-state index contributed by atoms with van der Waals surface area (Å²) in [5.74, 6) is 0.562. The van der Waals surface area contributed by atoms with Gasteiger partial charge in [0.25, 0.3) is 0 Å². The van der Waals surface area contributed by atoms with Crippen molar-refractivity contribution in [3.05, 3.63) is 60.1 Å². The maximum absolute atomic E-state index is 5.17. The van der Waals surface area contributed by atoms with E-state index >= 15 is 0 Å². The molecule has 0 spiro atoms. The highest BCUT2D eigenvalue weighted by atomic mass is 16.5. The lowest BCUT2D eigenvalue weighted by molar-refractivity contribution is 0.197. The molecule has 3 nitrogen and oxygen atoms in total. The molecule has 3 heteroatoms. The van der Waals surface area contributed by atoms with Gasteiger partial charge >= 0.3 is 0 Å². The predicted octanol–water partition coefficient (Wildman–Crippen LogP) is 2.92. The molecule has 2 rings (SSSR count). The number of benzene rings is 1. The molecule has 0 aliphatic rings. The average molecular weight is 273 g/mol. The zero-order chi connectivity index (χ0) is 14.0. The van der Waals surface area contributed by atoms with Gasteiger partial charge in [-0.05, 0) is 42.5 Å². The highest BCUT2D eigenvalue weighted by Gasteiger charge is 2.11. The van der Waals surface area contributed by atoms with Crippen LogP contribution in [0.1, 0.15) is 11.1 Å². The van der Waals surface area contributed by atoms with E-state index in [9.17, 15) is 0 Å². The van der Waals surface area contributed by atoms with Gasteiger partial charge in [-0.3, -0.25) is 0 Å². The average Bonchev–Trinajstić information content (AvgIpc) is 2.97. The van der Waals surface area contributed by atoms with Crippen LogP contribution in [0.5, 0.6) is 0 Å². The van der Waals surface area contributed by atoms with E-state index < -0.39 is 0 Å². The van der Waals surface area contributed by atoms with E-state index in [2.05, 4.69) is 35.6 Å². The fraction of sp³-hybridized carbons (Fsp3) is 0.412. The Morgan fingerprint density at radius 3 is 2.60 bits per heavy atom. The van der Waals surface area contributed by atoms with Crippen molar-refractivity contribution in [3.63, 3.8) is 0 Å². The zero-order valence-corrected chi connectivity index (χ0v) is 12.0. The molecule has 1 N–H and O–H groups in total. The highest BCUT2D eigenvalue weighted by molar-refractivity contribution is 5.16. The summed E-state index contributed by atoms with van der Waals surface area (Å²) in [5, 5.41) is 3.46. The van der Waals surface area contributed by atoms with Gasteiger partial charge in [0.1, 0.15) is 0 Å². The smallest absolute Gasteiger partial charge is 0.0934 e. The van der Waals surface area contributed by atoms with Gasteiger partial charge in [-0.1, -0.05) is 30.3 Å². The zero-order valence-electron chi connectivity index (χ0n) is 12.0. The van der Waals surface area contributed by atoms with E-state index in [0.717, 1.165) is 32.5 Å². The van der Waals surface area contributed by atoms with Crippen molar-refractivity contribution in [1.29, 1.82) is 0 Å². The monoisotopic (exact) mass is 273 g/mol. The second kappa shape index (κ2) is 8.56. The van der Waals surface area contributed by atoms with E-state index in [-0.39, 0.29) is 0 Å². The van der Waals surface area contributed by atoms with Crippen LogP contribution in [0.2, 0.25) is 0 Å². The van der Waals surface area contributed by atoms with Gasteiger partial charge in [-0.2, -0.15) is 0 Å². The molecule has 1 aromatic carbocycles. The number of ether oxygens (including phenoxy) is 1. The Kier molecular flexibility index (Phi) is 6.35. The molecule has 1 heterocycles. The minimum absolute atomic E-state index is 0.562. The first-order chi connectivity index (χ1) is 9.88. The topological polar surface area (TPSA) is 34.4 Å². The largest absolute Gasteiger partial charge is 0.472 e. The Labute approximate surface area is 121 Å². The lowest BCUT2D eigenvalue weighted by Gasteiger charge is -2.17. The first-order valence-electron chi connectivity index (χ1n) is 7.13. The van der Waals surface area contributed by atoms with Gasteiger partial charge in [0, 0.05) is 13.7 Å². The lowest BCUT2D eigenvalue weighted by Crippen LogP contribution is -2.28. The molecule has 108 valence electrons. The molecular formula is C17H23NO2. The van der Waals surface area contributed by atoms with Crippen LogP contribution in [0.4, 0.5) is 0 Å². The molecule has 20 heavy (non-hydrogen) atoms. The Hall–Kier alpha value is -1.58. The summed E-state index contributed by atoms with van der Waals surface area (Å²) < 4.78 is 10.2. The van der Waals surface area contributed by atoms with Crippen molar-refractivity contribution in [2.45, 2.75) is 12.8 Å². The molecule has 1 unspecified atom stereocenters. The van der Waals surface area contributed by atoms with E-state index in [1.165, 1.54) is 11.1 Å². The van der Waals surface area contributed by atoms with Crippen LogP contribution in [0, 0.1) is 5.92 Å². The third-order valence-electron chi connectivity index (χ3n) is 3.39. The standard InChI is InChI=1S/C17H23NO2/c1-19-10-8-18-13-17(12-16-7-9-20-14-16)11-15-5-3-2-4-6-15/h2-7,9,14,17-18H,8,10-13H2,1H3. The Balaban J connectivity index is 1.89. The number of nitrogens with one attached hydrogen (secondary N) is 1. The van der Waals surface area contributed by atoms with Gasteiger partial charge in [-0.25, -0.2) is 0 Å². The van der Waals surface area contributed by atoms with Crippen molar-refractivity contribution in [2.24, 2.45) is 5.92 Å². The number of hydrogen-bond acceptors (Lipinski definition) is 3. The molecule has 0 saturated heterocycles. The van der Waals surface area contributed by atoms with Crippen LogP contribution in [0.3, 0.4) is 0 Å². The summed E-state index contributed by atoms with van der Waals surface area (Å²) >= 11 is 0. The Bertz CT molecular complexity index is 453. The second-order valence-corrected chi connectivity index (χ2v) is 5.09. The van der Waals surface area contributed by atoms with Crippen LogP contribution in [-0.2, 0) is 17.6 Å². The van der Waals surface area contributed by atoms with Crippen LogP contribution < -0.4 is 5.32 Å². The summed E-state index contributed by atoms with van der Waals surface area (Å²) in [5.41, 5.74) is 2.65. The van der Waals surface area contributed by atoms with Crippen LogP contribution in [0.15, 0.2) is 53.3 Å². The molecule has 1 atom stereocenters. The van der Waals surface area contributed by atoms with Crippen molar-refractivity contribution in [1.82, 2.24) is 5.32 Å². The molecule has 0 aliphatic carbocycles. The first-order valence-corrected chi connectivity index (χ1v) is 7.13. The Morgan fingerprint density at radius 1 is 1.10 bits per heavy atom. The minimum Gasteiger partial charge on any atom is -0.472 e. The van der Waals surface area contributed by atoms with Crippen LogP contribution in [0.25, 0.3) is 0 Å². The van der Waals surface area contributed by atoms with E-state index in [4.69, 9.17) is 9.15 Å². The minimum atomic E-state index is 0.562. The number of hydrogen-bond donors (Lipinski definition) is 1. The maximum atomic E-state index is 5.17. The molecule has 0 aliphatic heterocycles. The SMILES string of the molecule is COCCNCC(Cc1ccccc1)Cc1ccoc1. The summed E-state index contributed by atoms with van der Waals surface area (Å²) in [6.07, 6.45) is 5.69. The molecular weight excluding hydrogens is 250 g/mol. The van der Waals surface area contributed by atoms with Crippen molar-refractivity contribution in [3.8, 4) is 0 Å². The van der Waals surface area contributed by atoms with Gasteiger partial charge in [-0.15, -0.1) is 0 Å². The van der Waals surface area contributed by atoms with Crippen LogP contribution in [-0.4, -0.2) is 26.8 Å².